The Hall–Kier alpha value is -1.53. The highest BCUT2D eigenvalue weighted by atomic mass is 35.5. The van der Waals surface area contributed by atoms with E-state index in [4.69, 9.17) is 22.4 Å². The van der Waals surface area contributed by atoms with Crippen molar-refractivity contribution in [1.82, 2.24) is 0 Å². The van der Waals surface area contributed by atoms with Gasteiger partial charge in [-0.3, -0.25) is 4.79 Å². The first-order chi connectivity index (χ1) is 7.88. The van der Waals surface area contributed by atoms with E-state index in [9.17, 15) is 14.3 Å². The Labute approximate surface area is 102 Å². The first kappa shape index (κ1) is 13.5. The third kappa shape index (κ3) is 2.78. The van der Waals surface area contributed by atoms with Crippen molar-refractivity contribution < 1.29 is 24.1 Å². The van der Waals surface area contributed by atoms with Gasteiger partial charge in [-0.05, 0) is 6.07 Å². The van der Waals surface area contributed by atoms with Crippen molar-refractivity contribution in [1.29, 1.82) is 0 Å². The molecular weight excluding hydrogens is 253 g/mol. The summed E-state index contributed by atoms with van der Waals surface area (Å²) in [5.74, 6) is -3.05. The first-order valence-corrected chi connectivity index (χ1v) is 4.98. The second-order valence-electron chi connectivity index (χ2n) is 3.35. The summed E-state index contributed by atoms with van der Waals surface area (Å²) in [6, 6.07) is 0.0852. The van der Waals surface area contributed by atoms with Crippen LogP contribution in [0.4, 0.5) is 4.39 Å². The predicted octanol–water partition coefficient (Wildman–Crippen LogP) is 1.67. The maximum absolute atomic E-state index is 13.4. The Morgan fingerprint density at radius 3 is 2.76 bits per heavy atom. The fraction of sp³-hybridized carbons (Fsp3) is 0.300. The fourth-order valence-electron chi connectivity index (χ4n) is 1.38. The smallest absolute Gasteiger partial charge is 0.305 e. The molecule has 0 aliphatic rings. The van der Waals surface area contributed by atoms with Crippen LogP contribution in [0.5, 0.6) is 11.5 Å². The van der Waals surface area contributed by atoms with Gasteiger partial charge in [0.2, 0.25) is 0 Å². The Kier molecular flexibility index (Phi) is 4.14. The molecule has 0 bridgehead atoms. The van der Waals surface area contributed by atoms with E-state index in [0.29, 0.717) is 0 Å². The molecule has 5 nitrogen and oxygen atoms in total. The van der Waals surface area contributed by atoms with E-state index in [0.717, 1.165) is 13.2 Å². The number of carbonyl (C=O) groups is 1. The standard InChI is InChI=1S/C10H11ClFNO4/c1-17-10-8(12)5(11)2-4(9(10)16)6(13)3-7(14)15/h2,6,16H,3,13H2,1H3,(H,14,15). The van der Waals surface area contributed by atoms with Crippen LogP contribution >= 0.6 is 11.6 Å². The van der Waals surface area contributed by atoms with E-state index in [1.165, 1.54) is 0 Å². The van der Waals surface area contributed by atoms with Crippen LogP contribution in [0.1, 0.15) is 18.0 Å². The summed E-state index contributed by atoms with van der Waals surface area (Å²) in [5, 5.41) is 18.0. The monoisotopic (exact) mass is 263 g/mol. The number of ether oxygens (including phenoxy) is 1. The summed E-state index contributed by atoms with van der Waals surface area (Å²) >= 11 is 5.58. The average Bonchev–Trinajstić information content (AvgIpc) is 2.23. The Morgan fingerprint density at radius 1 is 1.71 bits per heavy atom. The molecule has 0 spiro atoms. The number of phenols is 1. The Morgan fingerprint density at radius 2 is 2.29 bits per heavy atom. The fourth-order valence-corrected chi connectivity index (χ4v) is 1.58. The minimum Gasteiger partial charge on any atom is -0.504 e. The SMILES string of the molecule is COc1c(O)c(C(N)CC(=O)O)cc(Cl)c1F. The van der Waals surface area contributed by atoms with Crippen molar-refractivity contribution in [3.8, 4) is 11.5 Å². The molecule has 0 fully saturated rings. The summed E-state index contributed by atoms with van der Waals surface area (Å²) in [4.78, 5) is 10.5. The van der Waals surface area contributed by atoms with E-state index in [2.05, 4.69) is 4.74 Å². The number of benzene rings is 1. The summed E-state index contributed by atoms with van der Waals surface area (Å²) < 4.78 is 18.0. The molecule has 1 rings (SSSR count). The number of hydrogen-bond acceptors (Lipinski definition) is 4. The molecule has 0 amide bonds. The summed E-state index contributed by atoms with van der Waals surface area (Å²) in [6.45, 7) is 0. The lowest BCUT2D eigenvalue weighted by molar-refractivity contribution is -0.137. The minimum atomic E-state index is -1.14. The largest absolute Gasteiger partial charge is 0.504 e. The number of phenolic OH excluding ortho intramolecular Hbond substituents is 1. The highest BCUT2D eigenvalue weighted by Crippen LogP contribution is 2.39. The molecule has 0 aliphatic carbocycles. The molecule has 0 saturated heterocycles. The van der Waals surface area contributed by atoms with Crippen LogP contribution in [0.15, 0.2) is 6.07 Å². The van der Waals surface area contributed by atoms with Crippen molar-refractivity contribution in [2.45, 2.75) is 12.5 Å². The molecule has 1 atom stereocenters. The van der Waals surface area contributed by atoms with Gasteiger partial charge in [0.25, 0.3) is 0 Å². The van der Waals surface area contributed by atoms with Gasteiger partial charge in [0.15, 0.2) is 17.3 Å². The molecule has 0 saturated carbocycles. The van der Waals surface area contributed by atoms with Gasteiger partial charge in [0.1, 0.15) is 0 Å². The van der Waals surface area contributed by atoms with Gasteiger partial charge in [-0.2, -0.15) is 0 Å². The third-order valence-electron chi connectivity index (χ3n) is 2.18. The molecule has 1 aromatic carbocycles. The Bertz CT molecular complexity index is 452. The minimum absolute atomic E-state index is 0.0238. The maximum atomic E-state index is 13.4. The number of carboxylic acid groups (broad SMARTS) is 1. The molecule has 0 radical (unpaired) electrons. The van der Waals surface area contributed by atoms with E-state index in [1.807, 2.05) is 0 Å². The molecule has 1 unspecified atom stereocenters. The molecule has 17 heavy (non-hydrogen) atoms. The number of nitrogens with two attached hydrogens (primary N) is 1. The lowest BCUT2D eigenvalue weighted by Gasteiger charge is -2.15. The van der Waals surface area contributed by atoms with Gasteiger partial charge in [0.05, 0.1) is 18.6 Å². The first-order valence-electron chi connectivity index (χ1n) is 4.60. The predicted molar refractivity (Wildman–Crippen MR) is 58.8 cm³/mol. The number of aliphatic carboxylic acids is 1. The van der Waals surface area contributed by atoms with Crippen molar-refractivity contribution in [3.05, 3.63) is 22.5 Å². The van der Waals surface area contributed by atoms with E-state index >= 15 is 0 Å². The number of hydrogen-bond donors (Lipinski definition) is 3. The number of rotatable bonds is 4. The Balaban J connectivity index is 3.25. The van der Waals surface area contributed by atoms with Gasteiger partial charge in [0, 0.05) is 11.6 Å². The number of aromatic hydroxyl groups is 1. The van der Waals surface area contributed by atoms with Gasteiger partial charge >= 0.3 is 5.97 Å². The molecule has 0 aliphatic heterocycles. The van der Waals surface area contributed by atoms with E-state index < -0.39 is 35.7 Å². The van der Waals surface area contributed by atoms with Crippen LogP contribution in [0.25, 0.3) is 0 Å². The number of methoxy groups -OCH3 is 1. The molecule has 0 aromatic heterocycles. The summed E-state index contributed by atoms with van der Waals surface area (Å²) in [7, 11) is 1.15. The highest BCUT2D eigenvalue weighted by Gasteiger charge is 2.22. The van der Waals surface area contributed by atoms with Crippen LogP contribution < -0.4 is 10.5 Å². The van der Waals surface area contributed by atoms with Crippen LogP contribution in [-0.2, 0) is 4.79 Å². The van der Waals surface area contributed by atoms with Crippen LogP contribution in [0, 0.1) is 5.82 Å². The zero-order chi connectivity index (χ0) is 13.2. The van der Waals surface area contributed by atoms with Gasteiger partial charge in [-0.15, -0.1) is 0 Å². The number of carboxylic acids is 1. The lowest BCUT2D eigenvalue weighted by atomic mass is 10.0. The zero-order valence-corrected chi connectivity index (χ0v) is 9.66. The van der Waals surface area contributed by atoms with Gasteiger partial charge < -0.3 is 20.7 Å². The van der Waals surface area contributed by atoms with E-state index in [-0.39, 0.29) is 10.6 Å². The van der Waals surface area contributed by atoms with Crippen molar-refractivity contribution in [3.63, 3.8) is 0 Å². The molecule has 4 N–H and O–H groups in total. The van der Waals surface area contributed by atoms with Crippen LogP contribution in [0.2, 0.25) is 5.02 Å². The van der Waals surface area contributed by atoms with Gasteiger partial charge in [-0.1, -0.05) is 11.6 Å². The van der Waals surface area contributed by atoms with Crippen molar-refractivity contribution >= 4 is 17.6 Å². The quantitative estimate of drug-likeness (QED) is 0.768. The lowest BCUT2D eigenvalue weighted by Crippen LogP contribution is -2.15. The third-order valence-corrected chi connectivity index (χ3v) is 2.45. The van der Waals surface area contributed by atoms with Crippen LogP contribution in [0.3, 0.4) is 0 Å². The highest BCUT2D eigenvalue weighted by molar-refractivity contribution is 6.31. The van der Waals surface area contributed by atoms with Gasteiger partial charge in [-0.25, -0.2) is 4.39 Å². The average molecular weight is 264 g/mol. The molecule has 7 heteroatoms. The van der Waals surface area contributed by atoms with E-state index in [1.54, 1.807) is 0 Å². The van der Waals surface area contributed by atoms with Crippen LogP contribution in [-0.4, -0.2) is 23.3 Å². The number of halogens is 2. The maximum Gasteiger partial charge on any atom is 0.305 e. The summed E-state index contributed by atoms with van der Waals surface area (Å²) in [5.41, 5.74) is 5.59. The second kappa shape index (κ2) is 5.20. The van der Waals surface area contributed by atoms with Crippen molar-refractivity contribution in [2.24, 2.45) is 5.73 Å². The topological polar surface area (TPSA) is 92.8 Å². The summed E-state index contributed by atoms with van der Waals surface area (Å²) in [6.07, 6.45) is -0.418. The van der Waals surface area contributed by atoms with Crippen molar-refractivity contribution in [2.75, 3.05) is 7.11 Å². The molecule has 94 valence electrons. The zero-order valence-electron chi connectivity index (χ0n) is 8.91. The molecule has 0 heterocycles. The normalized spacial score (nSPS) is 12.2. The second-order valence-corrected chi connectivity index (χ2v) is 3.76. The molecule has 1 aromatic rings. The molecular formula is C10H11ClFNO4.